The average Bonchev–Trinajstić information content (AvgIpc) is 2.56. The number of fused-ring (bicyclic) bond motifs is 1. The third kappa shape index (κ3) is 3.86. The van der Waals surface area contributed by atoms with Gasteiger partial charge in [0.1, 0.15) is 10.6 Å². The maximum atomic E-state index is 12.6. The first-order chi connectivity index (χ1) is 12.2. The van der Waals surface area contributed by atoms with Crippen molar-refractivity contribution in [3.8, 4) is 5.75 Å². The van der Waals surface area contributed by atoms with E-state index >= 15 is 0 Å². The number of halogens is 4. The van der Waals surface area contributed by atoms with Crippen LogP contribution in [0.5, 0.6) is 5.75 Å². The van der Waals surface area contributed by atoms with E-state index in [0.29, 0.717) is 15.8 Å². The van der Waals surface area contributed by atoms with Crippen molar-refractivity contribution in [3.05, 3.63) is 65.7 Å². The molecule has 0 fully saturated rings. The van der Waals surface area contributed by atoms with Crippen LogP contribution < -0.4 is 9.46 Å². The number of sulfonamides is 1. The second kappa shape index (κ2) is 6.69. The van der Waals surface area contributed by atoms with Crippen LogP contribution in [0.4, 0.5) is 18.9 Å². The lowest BCUT2D eigenvalue weighted by molar-refractivity contribution is -0.275. The summed E-state index contributed by atoms with van der Waals surface area (Å²) in [5.74, 6) is -0.814. The molecule has 0 radical (unpaired) electrons. The summed E-state index contributed by atoms with van der Waals surface area (Å²) < 4.78 is 69.0. The Morgan fingerprint density at radius 3 is 2.19 bits per heavy atom. The monoisotopic (exact) mass is 401 g/mol. The van der Waals surface area contributed by atoms with E-state index in [-0.39, 0.29) is 5.69 Å². The van der Waals surface area contributed by atoms with Crippen molar-refractivity contribution in [2.75, 3.05) is 4.72 Å². The Hall–Kier alpha value is -2.45. The van der Waals surface area contributed by atoms with Gasteiger partial charge in [0, 0.05) is 15.8 Å². The van der Waals surface area contributed by atoms with Crippen LogP contribution in [0.1, 0.15) is 0 Å². The molecule has 4 nitrogen and oxygen atoms in total. The van der Waals surface area contributed by atoms with Gasteiger partial charge in [-0.1, -0.05) is 48.0 Å². The predicted octanol–water partition coefficient (Wildman–Crippen LogP) is 5.19. The zero-order chi connectivity index (χ0) is 18.9. The fourth-order valence-electron chi connectivity index (χ4n) is 2.43. The molecule has 0 aliphatic heterocycles. The maximum absolute atomic E-state index is 12.6. The molecule has 0 spiro atoms. The van der Waals surface area contributed by atoms with E-state index in [1.807, 2.05) is 0 Å². The van der Waals surface area contributed by atoms with Gasteiger partial charge in [0.2, 0.25) is 0 Å². The van der Waals surface area contributed by atoms with E-state index in [4.69, 9.17) is 11.6 Å². The molecule has 0 bridgehead atoms. The molecule has 1 N–H and O–H groups in total. The fourth-order valence-corrected chi connectivity index (χ4v) is 3.87. The number of ether oxygens (including phenoxy) is 1. The van der Waals surface area contributed by atoms with Crippen molar-refractivity contribution < 1.29 is 26.3 Å². The van der Waals surface area contributed by atoms with E-state index in [0.717, 1.165) is 12.1 Å². The first-order valence-electron chi connectivity index (χ1n) is 7.22. The van der Waals surface area contributed by atoms with Gasteiger partial charge >= 0.3 is 6.36 Å². The first-order valence-corrected chi connectivity index (χ1v) is 9.08. The molecule has 0 unspecified atom stereocenters. The van der Waals surface area contributed by atoms with Crippen molar-refractivity contribution in [2.24, 2.45) is 0 Å². The number of hydrogen-bond acceptors (Lipinski definition) is 3. The second-order valence-electron chi connectivity index (χ2n) is 5.24. The molecule has 3 aromatic carbocycles. The first kappa shape index (κ1) is 18.3. The summed E-state index contributed by atoms with van der Waals surface area (Å²) in [6.07, 6.45) is -5.02. The smallest absolute Gasteiger partial charge is 0.404 e. The van der Waals surface area contributed by atoms with E-state index < -0.39 is 27.0 Å². The minimum absolute atomic E-state index is 0.187. The van der Waals surface area contributed by atoms with E-state index in [1.165, 1.54) is 24.3 Å². The van der Waals surface area contributed by atoms with Crippen LogP contribution in [0.2, 0.25) is 5.02 Å². The van der Waals surface area contributed by atoms with E-state index in [9.17, 15) is 21.6 Å². The van der Waals surface area contributed by atoms with Crippen LogP contribution in [-0.2, 0) is 10.0 Å². The SMILES string of the molecule is O=S(=O)(Nc1ccc(Cl)c2ccccc12)c1ccccc1OC(F)(F)F. The van der Waals surface area contributed by atoms with Crippen molar-refractivity contribution in [3.63, 3.8) is 0 Å². The molecule has 0 aromatic heterocycles. The Kier molecular flexibility index (Phi) is 4.72. The minimum atomic E-state index is -5.02. The van der Waals surface area contributed by atoms with Crippen LogP contribution >= 0.6 is 11.6 Å². The van der Waals surface area contributed by atoms with Crippen molar-refractivity contribution in [1.29, 1.82) is 0 Å². The van der Waals surface area contributed by atoms with Gasteiger partial charge in [-0.3, -0.25) is 4.72 Å². The molecule has 0 amide bonds. The van der Waals surface area contributed by atoms with Gasteiger partial charge in [-0.15, -0.1) is 13.2 Å². The number of anilines is 1. The highest BCUT2D eigenvalue weighted by molar-refractivity contribution is 7.92. The van der Waals surface area contributed by atoms with Crippen LogP contribution in [0, 0.1) is 0 Å². The third-order valence-corrected chi connectivity index (χ3v) is 5.21. The lowest BCUT2D eigenvalue weighted by Crippen LogP contribution is -2.21. The third-order valence-electron chi connectivity index (χ3n) is 3.48. The number of alkyl halides is 3. The van der Waals surface area contributed by atoms with Crippen molar-refractivity contribution >= 4 is 38.1 Å². The Bertz CT molecular complexity index is 1070. The van der Waals surface area contributed by atoms with Gasteiger partial charge < -0.3 is 4.74 Å². The molecule has 0 aliphatic rings. The van der Waals surface area contributed by atoms with Gasteiger partial charge in [0.05, 0.1) is 5.69 Å². The summed E-state index contributed by atoms with van der Waals surface area (Å²) in [7, 11) is -4.34. The maximum Gasteiger partial charge on any atom is 0.573 e. The molecule has 0 aliphatic carbocycles. The van der Waals surface area contributed by atoms with Gasteiger partial charge in [-0.2, -0.15) is 0 Å². The van der Waals surface area contributed by atoms with Gasteiger partial charge in [0.25, 0.3) is 10.0 Å². The highest BCUT2D eigenvalue weighted by Gasteiger charge is 2.34. The van der Waals surface area contributed by atoms with Crippen molar-refractivity contribution in [2.45, 2.75) is 11.3 Å². The Morgan fingerprint density at radius 2 is 1.50 bits per heavy atom. The normalized spacial score (nSPS) is 12.2. The topological polar surface area (TPSA) is 55.4 Å². The highest BCUT2D eigenvalue weighted by atomic mass is 35.5. The van der Waals surface area contributed by atoms with E-state index in [1.54, 1.807) is 24.3 Å². The number of rotatable bonds is 4. The average molecular weight is 402 g/mol. The molecule has 3 rings (SSSR count). The van der Waals surface area contributed by atoms with Crippen LogP contribution in [0.3, 0.4) is 0 Å². The Morgan fingerprint density at radius 1 is 0.885 bits per heavy atom. The molecule has 0 saturated heterocycles. The quantitative estimate of drug-likeness (QED) is 0.654. The number of para-hydroxylation sites is 1. The minimum Gasteiger partial charge on any atom is -0.404 e. The molecular formula is C17H11ClF3NO3S. The predicted molar refractivity (Wildman–Crippen MR) is 92.9 cm³/mol. The number of hydrogen-bond donors (Lipinski definition) is 1. The molecule has 0 heterocycles. The van der Waals surface area contributed by atoms with Gasteiger partial charge in [-0.25, -0.2) is 8.42 Å². The second-order valence-corrected chi connectivity index (χ2v) is 7.30. The summed E-state index contributed by atoms with van der Waals surface area (Å²) in [5, 5.41) is 1.54. The number of benzene rings is 3. The molecule has 0 atom stereocenters. The van der Waals surface area contributed by atoms with Gasteiger partial charge in [-0.05, 0) is 24.3 Å². The molecular weight excluding hydrogens is 391 g/mol. The summed E-state index contributed by atoms with van der Waals surface area (Å²) in [4.78, 5) is -0.628. The Balaban J connectivity index is 2.05. The van der Waals surface area contributed by atoms with Gasteiger partial charge in [0.15, 0.2) is 0 Å². The zero-order valence-corrected chi connectivity index (χ0v) is 14.5. The summed E-state index contributed by atoms with van der Waals surface area (Å²) in [6, 6.07) is 14.2. The molecule has 0 saturated carbocycles. The van der Waals surface area contributed by atoms with Crippen LogP contribution in [-0.4, -0.2) is 14.8 Å². The highest BCUT2D eigenvalue weighted by Crippen LogP contribution is 2.34. The number of nitrogens with one attached hydrogen (secondary N) is 1. The largest absolute Gasteiger partial charge is 0.573 e. The Labute approximate surface area is 152 Å². The van der Waals surface area contributed by atoms with Crippen LogP contribution in [0.25, 0.3) is 10.8 Å². The summed E-state index contributed by atoms with van der Waals surface area (Å²) in [6.45, 7) is 0. The fraction of sp³-hybridized carbons (Fsp3) is 0.0588. The lowest BCUT2D eigenvalue weighted by atomic mass is 10.1. The zero-order valence-electron chi connectivity index (χ0n) is 12.9. The lowest BCUT2D eigenvalue weighted by Gasteiger charge is -2.15. The van der Waals surface area contributed by atoms with Crippen molar-refractivity contribution in [1.82, 2.24) is 0 Å². The van der Waals surface area contributed by atoms with E-state index in [2.05, 4.69) is 9.46 Å². The molecule has 9 heteroatoms. The summed E-state index contributed by atoms with van der Waals surface area (Å²) in [5.41, 5.74) is 0.187. The standard InChI is InChI=1S/C17H11ClF3NO3S/c18-13-9-10-14(12-6-2-1-5-11(12)13)22-26(23,24)16-8-4-3-7-15(16)25-17(19,20)21/h1-10,22H. The molecule has 26 heavy (non-hydrogen) atoms. The summed E-state index contributed by atoms with van der Waals surface area (Å²) >= 11 is 6.09. The molecule has 3 aromatic rings. The molecule has 136 valence electrons. The van der Waals surface area contributed by atoms with Crippen LogP contribution in [0.15, 0.2) is 65.6 Å².